The van der Waals surface area contributed by atoms with Crippen LogP contribution in [0.15, 0.2) is 30.3 Å². The van der Waals surface area contributed by atoms with Crippen LogP contribution in [0.5, 0.6) is 0 Å². The summed E-state index contributed by atoms with van der Waals surface area (Å²) in [5.41, 5.74) is 0.679. The van der Waals surface area contributed by atoms with Crippen molar-refractivity contribution in [1.82, 2.24) is 0 Å². The van der Waals surface area contributed by atoms with Crippen LogP contribution in [-0.4, -0.2) is 17.0 Å². The molecule has 16 heavy (non-hydrogen) atoms. The van der Waals surface area contributed by atoms with E-state index in [2.05, 4.69) is 0 Å². The van der Waals surface area contributed by atoms with Crippen LogP contribution in [0.3, 0.4) is 0 Å². The zero-order valence-electron chi connectivity index (χ0n) is 10.2. The monoisotopic (exact) mass is 220 g/mol. The molecular formula is C14H20O2. The van der Waals surface area contributed by atoms with Crippen molar-refractivity contribution in [2.75, 3.05) is 0 Å². The first-order chi connectivity index (χ1) is 7.52. The third-order valence-corrected chi connectivity index (χ3v) is 2.76. The van der Waals surface area contributed by atoms with Crippen LogP contribution < -0.4 is 0 Å². The van der Waals surface area contributed by atoms with Gasteiger partial charge in [-0.1, -0.05) is 51.1 Å². The molecule has 0 heterocycles. The van der Waals surface area contributed by atoms with Crippen molar-refractivity contribution in [3.05, 3.63) is 35.9 Å². The number of aliphatic hydroxyl groups is 1. The molecule has 0 saturated carbocycles. The smallest absolute Gasteiger partial charge is 0.168 e. The lowest BCUT2D eigenvalue weighted by Crippen LogP contribution is -2.27. The van der Waals surface area contributed by atoms with E-state index in [9.17, 15) is 9.90 Å². The van der Waals surface area contributed by atoms with Gasteiger partial charge in [0.2, 0.25) is 0 Å². The fourth-order valence-corrected chi connectivity index (χ4v) is 1.73. The first kappa shape index (κ1) is 12.9. The summed E-state index contributed by atoms with van der Waals surface area (Å²) in [6, 6.07) is 9.15. The van der Waals surface area contributed by atoms with Crippen LogP contribution in [0.2, 0.25) is 0 Å². The molecule has 0 aliphatic heterocycles. The Labute approximate surface area is 97.3 Å². The topological polar surface area (TPSA) is 37.3 Å². The van der Waals surface area contributed by atoms with E-state index in [-0.39, 0.29) is 11.7 Å². The first-order valence-corrected chi connectivity index (χ1v) is 5.79. The molecule has 2 unspecified atom stereocenters. The summed E-state index contributed by atoms with van der Waals surface area (Å²) >= 11 is 0. The molecule has 0 saturated heterocycles. The molecule has 1 aromatic carbocycles. The first-order valence-electron chi connectivity index (χ1n) is 5.79. The molecule has 2 atom stereocenters. The molecule has 0 aromatic heterocycles. The van der Waals surface area contributed by atoms with Crippen molar-refractivity contribution in [3.8, 4) is 0 Å². The Morgan fingerprint density at radius 1 is 1.19 bits per heavy atom. The summed E-state index contributed by atoms with van der Waals surface area (Å²) in [5, 5.41) is 9.90. The third-order valence-electron chi connectivity index (χ3n) is 2.76. The molecule has 0 aliphatic carbocycles. The molecule has 0 radical (unpaired) electrons. The van der Waals surface area contributed by atoms with Crippen molar-refractivity contribution in [2.45, 2.75) is 33.3 Å². The van der Waals surface area contributed by atoms with Gasteiger partial charge in [-0.25, -0.2) is 0 Å². The fraction of sp³-hybridized carbons (Fsp3) is 0.500. The predicted octanol–water partition coefficient (Wildman–Crippen LogP) is 2.91. The average molecular weight is 220 g/mol. The lowest BCUT2D eigenvalue weighted by atomic mass is 9.90. The highest BCUT2D eigenvalue weighted by Crippen LogP contribution is 2.17. The van der Waals surface area contributed by atoms with Gasteiger partial charge in [0, 0.05) is 11.5 Å². The van der Waals surface area contributed by atoms with Crippen molar-refractivity contribution < 1.29 is 9.90 Å². The number of aliphatic hydroxyl groups excluding tert-OH is 1. The summed E-state index contributed by atoms with van der Waals surface area (Å²) in [4.78, 5) is 12.0. The lowest BCUT2D eigenvalue weighted by molar-refractivity contribution is 0.0652. The van der Waals surface area contributed by atoms with Gasteiger partial charge < -0.3 is 5.11 Å². The van der Waals surface area contributed by atoms with Gasteiger partial charge in [0.15, 0.2) is 5.78 Å². The average Bonchev–Trinajstić information content (AvgIpc) is 2.27. The standard InChI is InChI=1S/C14H20O2/c1-10(2)9-13(15)11(3)14(16)12-7-5-4-6-8-12/h4-8,10-11,13,15H,9H2,1-3H3. The van der Waals surface area contributed by atoms with Gasteiger partial charge in [-0.3, -0.25) is 4.79 Å². The molecule has 0 aliphatic rings. The van der Waals surface area contributed by atoms with Crippen LogP contribution in [0.1, 0.15) is 37.6 Å². The van der Waals surface area contributed by atoms with Crippen LogP contribution in [0.4, 0.5) is 0 Å². The normalized spacial score (nSPS) is 14.8. The molecular weight excluding hydrogens is 200 g/mol. The Morgan fingerprint density at radius 3 is 2.25 bits per heavy atom. The number of benzene rings is 1. The summed E-state index contributed by atoms with van der Waals surface area (Å²) < 4.78 is 0. The zero-order chi connectivity index (χ0) is 12.1. The quantitative estimate of drug-likeness (QED) is 0.775. The van der Waals surface area contributed by atoms with Crippen molar-refractivity contribution in [1.29, 1.82) is 0 Å². The van der Waals surface area contributed by atoms with Gasteiger partial charge in [-0.2, -0.15) is 0 Å². The van der Waals surface area contributed by atoms with Crippen LogP contribution >= 0.6 is 0 Å². The van der Waals surface area contributed by atoms with E-state index in [0.29, 0.717) is 17.9 Å². The summed E-state index contributed by atoms with van der Waals surface area (Å²) in [7, 11) is 0. The zero-order valence-corrected chi connectivity index (χ0v) is 10.2. The van der Waals surface area contributed by atoms with Crippen LogP contribution in [-0.2, 0) is 0 Å². The Morgan fingerprint density at radius 2 is 1.75 bits per heavy atom. The molecule has 2 heteroatoms. The van der Waals surface area contributed by atoms with Gasteiger partial charge in [0.05, 0.1) is 6.10 Å². The van der Waals surface area contributed by atoms with Gasteiger partial charge in [0.25, 0.3) is 0 Å². The molecule has 1 aromatic rings. The van der Waals surface area contributed by atoms with Crippen LogP contribution in [0, 0.1) is 11.8 Å². The molecule has 0 bridgehead atoms. The van der Waals surface area contributed by atoms with E-state index in [1.165, 1.54) is 0 Å². The largest absolute Gasteiger partial charge is 0.392 e. The Bertz CT molecular complexity index is 330. The molecule has 1 rings (SSSR count). The predicted molar refractivity (Wildman–Crippen MR) is 65.4 cm³/mol. The number of hydrogen-bond acceptors (Lipinski definition) is 2. The number of rotatable bonds is 5. The SMILES string of the molecule is CC(C)CC(O)C(C)C(=O)c1ccccc1. The molecule has 0 amide bonds. The third kappa shape index (κ3) is 3.46. The highest BCUT2D eigenvalue weighted by atomic mass is 16.3. The second-order valence-electron chi connectivity index (χ2n) is 4.72. The number of carbonyl (C=O) groups excluding carboxylic acids is 1. The second kappa shape index (κ2) is 5.80. The molecule has 2 nitrogen and oxygen atoms in total. The highest BCUT2D eigenvalue weighted by molar-refractivity contribution is 5.97. The molecule has 0 fully saturated rings. The molecule has 1 N–H and O–H groups in total. The van der Waals surface area contributed by atoms with E-state index in [1.807, 2.05) is 32.0 Å². The number of ketones is 1. The van der Waals surface area contributed by atoms with Crippen LogP contribution in [0.25, 0.3) is 0 Å². The van der Waals surface area contributed by atoms with Crippen molar-refractivity contribution in [2.24, 2.45) is 11.8 Å². The maximum Gasteiger partial charge on any atom is 0.168 e. The van der Waals surface area contributed by atoms with E-state index < -0.39 is 6.10 Å². The van der Waals surface area contributed by atoms with Crippen molar-refractivity contribution >= 4 is 5.78 Å². The number of carbonyl (C=O) groups is 1. The van der Waals surface area contributed by atoms with Gasteiger partial charge in [-0.05, 0) is 12.3 Å². The van der Waals surface area contributed by atoms with Gasteiger partial charge in [0.1, 0.15) is 0 Å². The van der Waals surface area contributed by atoms with Gasteiger partial charge >= 0.3 is 0 Å². The summed E-state index contributed by atoms with van der Waals surface area (Å²) in [6.45, 7) is 5.88. The Hall–Kier alpha value is -1.15. The minimum absolute atomic E-state index is 0.0220. The highest BCUT2D eigenvalue weighted by Gasteiger charge is 2.23. The van der Waals surface area contributed by atoms with E-state index in [0.717, 1.165) is 0 Å². The van der Waals surface area contributed by atoms with E-state index in [1.54, 1.807) is 19.1 Å². The second-order valence-corrected chi connectivity index (χ2v) is 4.72. The number of Topliss-reactive ketones (excluding diaryl/α,β-unsaturated/α-hetero) is 1. The lowest BCUT2D eigenvalue weighted by Gasteiger charge is -2.19. The van der Waals surface area contributed by atoms with E-state index >= 15 is 0 Å². The number of hydrogen-bond donors (Lipinski definition) is 1. The summed E-state index contributed by atoms with van der Waals surface area (Å²) in [6.07, 6.45) is 0.118. The van der Waals surface area contributed by atoms with Gasteiger partial charge in [-0.15, -0.1) is 0 Å². The Balaban J connectivity index is 2.67. The fourth-order valence-electron chi connectivity index (χ4n) is 1.73. The molecule has 0 spiro atoms. The minimum atomic E-state index is -0.548. The van der Waals surface area contributed by atoms with Crippen molar-refractivity contribution in [3.63, 3.8) is 0 Å². The van der Waals surface area contributed by atoms with E-state index in [4.69, 9.17) is 0 Å². The minimum Gasteiger partial charge on any atom is -0.392 e. The molecule has 88 valence electrons. The summed E-state index contributed by atoms with van der Waals surface area (Å²) in [5.74, 6) is 0.0968. The Kier molecular flexibility index (Phi) is 4.69. The maximum atomic E-state index is 12.0. The maximum absolute atomic E-state index is 12.0.